The Bertz CT molecular complexity index is 767. The largest absolute Gasteiger partial charge is 0.465 e. The van der Waals surface area contributed by atoms with Gasteiger partial charge < -0.3 is 18.9 Å². The van der Waals surface area contributed by atoms with E-state index in [9.17, 15) is 19.2 Å². The van der Waals surface area contributed by atoms with Crippen molar-refractivity contribution in [1.82, 2.24) is 0 Å². The van der Waals surface area contributed by atoms with E-state index in [-0.39, 0.29) is 24.8 Å². The number of hydrogen-bond donors (Lipinski definition) is 0. The van der Waals surface area contributed by atoms with Crippen molar-refractivity contribution in [3.05, 3.63) is 5.57 Å². The van der Waals surface area contributed by atoms with Gasteiger partial charge in [-0.1, -0.05) is 19.3 Å². The van der Waals surface area contributed by atoms with E-state index in [1.807, 2.05) is 0 Å². The maximum absolute atomic E-state index is 13.0. The Kier molecular flexibility index (Phi) is 8.01. The highest BCUT2D eigenvalue weighted by Crippen LogP contribution is 2.42. The van der Waals surface area contributed by atoms with Gasteiger partial charge in [0.2, 0.25) is 0 Å². The van der Waals surface area contributed by atoms with Gasteiger partial charge in [0.05, 0.1) is 19.3 Å². The molecule has 2 aliphatic rings. The van der Waals surface area contributed by atoms with E-state index >= 15 is 0 Å². The molecular weight excluding hydrogens is 406 g/mol. The fourth-order valence-corrected chi connectivity index (χ4v) is 3.67. The molecule has 1 aliphatic carbocycles. The minimum absolute atomic E-state index is 0.0155. The van der Waals surface area contributed by atoms with E-state index in [0.717, 1.165) is 32.1 Å². The van der Waals surface area contributed by atoms with Gasteiger partial charge in [-0.25, -0.2) is 9.79 Å². The number of rotatable bonds is 7. The van der Waals surface area contributed by atoms with Crippen LogP contribution in [0.2, 0.25) is 0 Å². The summed E-state index contributed by atoms with van der Waals surface area (Å²) >= 11 is 0. The Morgan fingerprint density at radius 3 is 2.10 bits per heavy atom. The molecule has 9 nitrogen and oxygen atoms in total. The van der Waals surface area contributed by atoms with Crippen molar-refractivity contribution in [3.8, 4) is 0 Å². The van der Waals surface area contributed by atoms with E-state index in [0.29, 0.717) is 0 Å². The summed E-state index contributed by atoms with van der Waals surface area (Å²) in [6.07, 6.45) is 4.75. The summed E-state index contributed by atoms with van der Waals surface area (Å²) in [5.41, 5.74) is -2.53. The Labute approximate surface area is 182 Å². The monoisotopic (exact) mass is 437 g/mol. The number of esters is 4. The lowest BCUT2D eigenvalue weighted by Gasteiger charge is -2.40. The Morgan fingerprint density at radius 2 is 1.58 bits per heavy atom. The van der Waals surface area contributed by atoms with E-state index in [1.165, 1.54) is 20.8 Å². The van der Waals surface area contributed by atoms with Crippen molar-refractivity contribution >= 4 is 29.7 Å². The normalized spacial score (nSPS) is 21.1. The first-order valence-electron chi connectivity index (χ1n) is 10.7. The number of carbonyl (C=O) groups is 4. The number of ether oxygens (including phenoxy) is 4. The third-order valence-electron chi connectivity index (χ3n) is 5.35. The summed E-state index contributed by atoms with van der Waals surface area (Å²) < 4.78 is 20.7. The fourth-order valence-electron chi connectivity index (χ4n) is 3.67. The molecule has 9 heteroatoms. The van der Waals surface area contributed by atoms with Crippen molar-refractivity contribution in [3.63, 3.8) is 0 Å². The summed E-state index contributed by atoms with van der Waals surface area (Å²) in [6.45, 7) is 7.14. The maximum atomic E-state index is 13.0. The molecule has 0 N–H and O–H groups in total. The molecular formula is C22H31NO8. The van der Waals surface area contributed by atoms with Crippen LogP contribution in [0, 0.1) is 11.3 Å². The number of nitrogens with zero attached hydrogens (tertiary/aromatic N) is 1. The third kappa shape index (κ3) is 5.53. The fraction of sp³-hybridized carbons (Fsp3) is 0.727. The lowest BCUT2D eigenvalue weighted by atomic mass is 9.72. The van der Waals surface area contributed by atoms with Crippen molar-refractivity contribution in [2.45, 2.75) is 78.6 Å². The molecule has 1 unspecified atom stereocenters. The molecule has 1 saturated heterocycles. The highest BCUT2D eigenvalue weighted by atomic mass is 16.7. The minimum Gasteiger partial charge on any atom is -0.465 e. The highest BCUT2D eigenvalue weighted by molar-refractivity contribution is 6.11. The van der Waals surface area contributed by atoms with Gasteiger partial charge in [0.25, 0.3) is 5.79 Å². The summed E-state index contributed by atoms with van der Waals surface area (Å²) in [5, 5.41) is 0. The molecule has 31 heavy (non-hydrogen) atoms. The lowest BCUT2D eigenvalue weighted by Crippen LogP contribution is -2.58. The molecule has 0 aromatic carbocycles. The van der Waals surface area contributed by atoms with Crippen molar-refractivity contribution in [1.29, 1.82) is 0 Å². The zero-order valence-electron chi connectivity index (χ0n) is 18.8. The molecule has 2 fully saturated rings. The Morgan fingerprint density at radius 1 is 1.03 bits per heavy atom. The molecule has 0 spiro atoms. The maximum Gasteiger partial charge on any atom is 0.344 e. The van der Waals surface area contributed by atoms with Gasteiger partial charge in [-0.3, -0.25) is 14.4 Å². The highest BCUT2D eigenvalue weighted by Gasteiger charge is 2.62. The average molecular weight is 437 g/mol. The SMILES string of the molecule is CCOC(=O)C(=C=NC1CCCCC1)C(C(=O)OCC)C1(C)C(=O)OC(C)(C)OC1=O. The van der Waals surface area contributed by atoms with E-state index in [1.54, 1.807) is 13.8 Å². The van der Waals surface area contributed by atoms with Gasteiger partial charge >= 0.3 is 23.9 Å². The number of cyclic esters (lactones) is 2. The van der Waals surface area contributed by atoms with E-state index in [2.05, 4.69) is 10.9 Å². The van der Waals surface area contributed by atoms with Gasteiger partial charge in [-0.15, -0.1) is 0 Å². The summed E-state index contributed by atoms with van der Waals surface area (Å²) in [6, 6.07) is -0.0713. The average Bonchev–Trinajstić information content (AvgIpc) is 2.69. The molecule has 0 aromatic rings. The molecule has 1 heterocycles. The van der Waals surface area contributed by atoms with Crippen molar-refractivity contribution < 1.29 is 38.1 Å². The van der Waals surface area contributed by atoms with Crippen LogP contribution in [0.4, 0.5) is 0 Å². The second-order valence-corrected chi connectivity index (χ2v) is 8.23. The van der Waals surface area contributed by atoms with Crippen LogP contribution < -0.4 is 0 Å². The van der Waals surface area contributed by atoms with E-state index < -0.39 is 41.0 Å². The number of hydrogen-bond acceptors (Lipinski definition) is 9. The molecule has 1 atom stereocenters. The first kappa shape index (κ1) is 24.6. The molecule has 2 rings (SSSR count). The van der Waals surface area contributed by atoms with Crippen LogP contribution in [-0.4, -0.2) is 54.8 Å². The zero-order valence-corrected chi connectivity index (χ0v) is 18.8. The predicted molar refractivity (Wildman–Crippen MR) is 109 cm³/mol. The zero-order chi connectivity index (χ0) is 23.2. The van der Waals surface area contributed by atoms with Crippen LogP contribution in [0.15, 0.2) is 10.6 Å². The quantitative estimate of drug-likeness (QED) is 0.196. The summed E-state index contributed by atoms with van der Waals surface area (Å²) in [4.78, 5) is 56.0. The second kappa shape index (κ2) is 10.1. The van der Waals surface area contributed by atoms with Crippen LogP contribution in [0.1, 0.15) is 66.7 Å². The smallest absolute Gasteiger partial charge is 0.344 e. The standard InChI is InChI=1S/C22H31NO8/c1-6-28-17(24)15(13-23-14-11-9-8-10-12-14)16(18(25)29-7-2)22(5)19(26)30-21(3,4)31-20(22)27/h14,16H,6-12H2,1-5H3. The first-order chi connectivity index (χ1) is 14.6. The number of aliphatic imine (C=N–C) groups is 1. The Hall–Kier alpha value is -2.67. The van der Waals surface area contributed by atoms with Gasteiger partial charge in [-0.05, 0) is 39.5 Å². The van der Waals surface area contributed by atoms with Crippen LogP contribution in [0.25, 0.3) is 0 Å². The summed E-state index contributed by atoms with van der Waals surface area (Å²) in [5.74, 6) is -4.43. The van der Waals surface area contributed by atoms with Crippen molar-refractivity contribution in [2.75, 3.05) is 13.2 Å². The van der Waals surface area contributed by atoms with Crippen molar-refractivity contribution in [2.24, 2.45) is 16.3 Å². The third-order valence-corrected chi connectivity index (χ3v) is 5.35. The predicted octanol–water partition coefficient (Wildman–Crippen LogP) is 2.50. The lowest BCUT2D eigenvalue weighted by molar-refractivity contribution is -0.253. The Balaban J connectivity index is 2.61. The molecule has 1 saturated carbocycles. The second-order valence-electron chi connectivity index (χ2n) is 8.23. The minimum atomic E-state index is -2.17. The van der Waals surface area contributed by atoms with Gasteiger partial charge in [0, 0.05) is 13.8 Å². The van der Waals surface area contributed by atoms with Crippen LogP contribution >= 0.6 is 0 Å². The van der Waals surface area contributed by atoms with Crippen LogP contribution in [-0.2, 0) is 38.1 Å². The number of carbonyl (C=O) groups excluding carboxylic acids is 4. The molecule has 0 aromatic heterocycles. The van der Waals surface area contributed by atoms with Gasteiger partial charge in [0.15, 0.2) is 5.41 Å². The van der Waals surface area contributed by atoms with Crippen LogP contribution in [0.3, 0.4) is 0 Å². The topological polar surface area (TPSA) is 118 Å². The van der Waals surface area contributed by atoms with Crippen LogP contribution in [0.5, 0.6) is 0 Å². The molecule has 0 bridgehead atoms. The van der Waals surface area contributed by atoms with Gasteiger partial charge in [-0.2, -0.15) is 0 Å². The first-order valence-corrected chi connectivity index (χ1v) is 10.7. The molecule has 1 aliphatic heterocycles. The van der Waals surface area contributed by atoms with Gasteiger partial charge in [0.1, 0.15) is 11.5 Å². The molecule has 172 valence electrons. The summed E-state index contributed by atoms with van der Waals surface area (Å²) in [7, 11) is 0. The molecule has 0 amide bonds. The molecule has 0 radical (unpaired) electrons. The van der Waals surface area contributed by atoms with E-state index in [4.69, 9.17) is 18.9 Å².